The first-order valence-corrected chi connectivity index (χ1v) is 9.05. The van der Waals surface area contributed by atoms with Crippen LogP contribution in [0.3, 0.4) is 0 Å². The molecule has 2 N–H and O–H groups in total. The lowest BCUT2D eigenvalue weighted by Gasteiger charge is -2.33. The zero-order valence-corrected chi connectivity index (χ0v) is 14.9. The van der Waals surface area contributed by atoms with Gasteiger partial charge in [-0.2, -0.15) is 5.10 Å². The molecule has 4 nitrogen and oxygen atoms in total. The molecule has 0 fully saturated rings. The minimum absolute atomic E-state index is 0.0314. The van der Waals surface area contributed by atoms with Gasteiger partial charge in [-0.25, -0.2) is 4.98 Å². The molecule has 0 aliphatic heterocycles. The van der Waals surface area contributed by atoms with Crippen LogP contribution >= 0.6 is 0 Å². The monoisotopic (exact) mass is 355 g/mol. The average Bonchev–Trinajstić information content (AvgIpc) is 3.20. The summed E-state index contributed by atoms with van der Waals surface area (Å²) >= 11 is 0. The third-order valence-electron chi connectivity index (χ3n) is 4.84. The van der Waals surface area contributed by atoms with Crippen LogP contribution in [0, 0.1) is 0 Å². The van der Waals surface area contributed by atoms with Crippen LogP contribution in [0.4, 0.5) is 0 Å². The quantitative estimate of drug-likeness (QED) is 0.518. The number of aliphatic hydroxyl groups is 1. The van der Waals surface area contributed by atoms with Crippen LogP contribution in [0.25, 0.3) is 0 Å². The van der Waals surface area contributed by atoms with Crippen molar-refractivity contribution in [1.82, 2.24) is 15.2 Å². The summed E-state index contributed by atoms with van der Waals surface area (Å²) in [5.74, 6) is 1.36. The van der Waals surface area contributed by atoms with Crippen LogP contribution < -0.4 is 0 Å². The van der Waals surface area contributed by atoms with Crippen molar-refractivity contribution >= 4 is 0 Å². The highest BCUT2D eigenvalue weighted by Crippen LogP contribution is 2.43. The van der Waals surface area contributed by atoms with Gasteiger partial charge in [-0.05, 0) is 16.7 Å². The first-order valence-electron chi connectivity index (χ1n) is 9.05. The van der Waals surface area contributed by atoms with Gasteiger partial charge in [0.25, 0.3) is 0 Å². The van der Waals surface area contributed by atoms with E-state index in [0.29, 0.717) is 18.1 Å². The maximum atomic E-state index is 9.30. The maximum absolute atomic E-state index is 9.30. The third-order valence-corrected chi connectivity index (χ3v) is 4.84. The largest absolute Gasteiger partial charge is 0.396 e. The second-order valence-electron chi connectivity index (χ2n) is 6.43. The van der Waals surface area contributed by atoms with E-state index in [-0.39, 0.29) is 6.61 Å². The first kappa shape index (κ1) is 17.2. The smallest absolute Gasteiger partial charge is 0.170 e. The lowest BCUT2D eigenvalue weighted by Crippen LogP contribution is -2.32. The maximum Gasteiger partial charge on any atom is 0.170 e. The Morgan fingerprint density at radius 3 is 1.56 bits per heavy atom. The molecule has 1 heterocycles. The number of nitrogens with zero attached hydrogens (tertiary/aromatic N) is 2. The number of rotatable bonds is 6. The molecular weight excluding hydrogens is 334 g/mol. The van der Waals surface area contributed by atoms with Gasteiger partial charge in [-0.1, -0.05) is 91.0 Å². The number of aliphatic hydroxyl groups excluding tert-OH is 1. The number of nitrogens with one attached hydrogen (secondary N) is 1. The standard InChI is InChI=1S/C23H21N3O/c27-17-16-21-24-22(26-25-21)23(18-10-4-1-5-11-18,19-12-6-2-7-13-19)20-14-8-3-9-15-20/h1-15,27H,16-17H2,(H,24,25,26). The van der Waals surface area contributed by atoms with Crippen molar-refractivity contribution < 1.29 is 5.11 Å². The summed E-state index contributed by atoms with van der Waals surface area (Å²) in [6, 6.07) is 31.0. The molecule has 0 saturated carbocycles. The van der Waals surface area contributed by atoms with Crippen molar-refractivity contribution in [3.8, 4) is 0 Å². The van der Waals surface area contributed by atoms with Gasteiger partial charge >= 0.3 is 0 Å². The summed E-state index contributed by atoms with van der Waals surface area (Å²) < 4.78 is 0. The van der Waals surface area contributed by atoms with Crippen LogP contribution in [0.1, 0.15) is 28.3 Å². The fourth-order valence-corrected chi connectivity index (χ4v) is 3.63. The van der Waals surface area contributed by atoms with E-state index in [1.807, 2.05) is 54.6 Å². The van der Waals surface area contributed by atoms with Crippen LogP contribution in [-0.4, -0.2) is 26.9 Å². The fraction of sp³-hybridized carbons (Fsp3) is 0.130. The Balaban J connectivity index is 2.06. The van der Waals surface area contributed by atoms with Crippen LogP contribution in [0.2, 0.25) is 0 Å². The highest BCUT2D eigenvalue weighted by molar-refractivity contribution is 5.56. The minimum atomic E-state index is -0.645. The highest BCUT2D eigenvalue weighted by Gasteiger charge is 2.41. The fourth-order valence-electron chi connectivity index (χ4n) is 3.63. The molecule has 4 rings (SSSR count). The summed E-state index contributed by atoms with van der Waals surface area (Å²) in [6.07, 6.45) is 0.446. The Hall–Kier alpha value is -3.24. The Labute approximate surface area is 158 Å². The summed E-state index contributed by atoms with van der Waals surface area (Å²) in [6.45, 7) is 0.0314. The molecule has 4 aromatic rings. The molecule has 0 radical (unpaired) electrons. The number of aromatic nitrogens is 3. The second kappa shape index (κ2) is 7.56. The zero-order chi connectivity index (χ0) is 18.5. The van der Waals surface area contributed by atoms with Crippen molar-refractivity contribution in [2.75, 3.05) is 6.61 Å². The first-order chi connectivity index (χ1) is 13.4. The minimum Gasteiger partial charge on any atom is -0.396 e. The predicted molar refractivity (Wildman–Crippen MR) is 105 cm³/mol. The topological polar surface area (TPSA) is 61.8 Å². The predicted octanol–water partition coefficient (Wildman–Crippen LogP) is 3.72. The average molecular weight is 355 g/mol. The number of hydrogen-bond acceptors (Lipinski definition) is 3. The SMILES string of the molecule is OCCc1nc(C(c2ccccc2)(c2ccccc2)c2ccccc2)n[nH]1. The van der Waals surface area contributed by atoms with Crippen molar-refractivity contribution in [2.45, 2.75) is 11.8 Å². The van der Waals surface area contributed by atoms with Gasteiger partial charge in [0.1, 0.15) is 11.2 Å². The van der Waals surface area contributed by atoms with E-state index >= 15 is 0 Å². The molecule has 0 atom stereocenters. The molecule has 1 aromatic heterocycles. The van der Waals surface area contributed by atoms with Crippen LogP contribution in [0.15, 0.2) is 91.0 Å². The van der Waals surface area contributed by atoms with E-state index in [4.69, 9.17) is 4.98 Å². The molecule has 3 aromatic carbocycles. The van der Waals surface area contributed by atoms with Gasteiger partial charge in [0, 0.05) is 6.42 Å². The molecule has 27 heavy (non-hydrogen) atoms. The van der Waals surface area contributed by atoms with E-state index in [1.165, 1.54) is 0 Å². The third kappa shape index (κ3) is 3.04. The summed E-state index contributed by atoms with van der Waals surface area (Å²) in [5, 5.41) is 16.9. The van der Waals surface area contributed by atoms with Gasteiger partial charge in [0.15, 0.2) is 5.82 Å². The van der Waals surface area contributed by atoms with E-state index in [9.17, 15) is 5.11 Å². The lowest BCUT2D eigenvalue weighted by molar-refractivity contribution is 0.296. The lowest BCUT2D eigenvalue weighted by atomic mass is 9.69. The van der Waals surface area contributed by atoms with Gasteiger partial charge in [-0.3, -0.25) is 5.10 Å². The molecule has 0 saturated heterocycles. The molecule has 134 valence electrons. The van der Waals surface area contributed by atoms with Crippen LogP contribution in [-0.2, 0) is 11.8 Å². The Morgan fingerprint density at radius 1 is 0.704 bits per heavy atom. The van der Waals surface area contributed by atoms with Gasteiger partial charge < -0.3 is 5.11 Å². The number of aromatic amines is 1. The second-order valence-corrected chi connectivity index (χ2v) is 6.43. The number of H-pyrrole nitrogens is 1. The summed E-state index contributed by atoms with van der Waals surface area (Å²) in [7, 11) is 0. The van der Waals surface area contributed by atoms with E-state index < -0.39 is 5.41 Å². The number of hydrogen-bond donors (Lipinski definition) is 2. The Morgan fingerprint density at radius 2 is 1.15 bits per heavy atom. The van der Waals surface area contributed by atoms with E-state index in [1.54, 1.807) is 0 Å². The molecule has 0 aliphatic carbocycles. The zero-order valence-electron chi connectivity index (χ0n) is 14.9. The van der Waals surface area contributed by atoms with E-state index in [2.05, 4.69) is 46.6 Å². The summed E-state index contributed by atoms with van der Waals surface area (Å²) in [5.41, 5.74) is 2.64. The van der Waals surface area contributed by atoms with Crippen LogP contribution in [0.5, 0.6) is 0 Å². The molecule has 0 unspecified atom stereocenters. The molecule has 0 bridgehead atoms. The molecule has 0 amide bonds. The van der Waals surface area contributed by atoms with Crippen molar-refractivity contribution in [2.24, 2.45) is 0 Å². The van der Waals surface area contributed by atoms with Gasteiger partial charge in [0.2, 0.25) is 0 Å². The Bertz CT molecular complexity index is 885. The molecule has 4 heteroatoms. The molecule has 0 spiro atoms. The van der Waals surface area contributed by atoms with Crippen molar-refractivity contribution in [1.29, 1.82) is 0 Å². The summed E-state index contributed by atoms with van der Waals surface area (Å²) in [4.78, 5) is 4.77. The molecule has 0 aliphatic rings. The van der Waals surface area contributed by atoms with Crippen molar-refractivity contribution in [3.63, 3.8) is 0 Å². The normalized spacial score (nSPS) is 11.4. The Kier molecular flexibility index (Phi) is 4.81. The van der Waals surface area contributed by atoms with Gasteiger partial charge in [0.05, 0.1) is 6.61 Å². The van der Waals surface area contributed by atoms with Gasteiger partial charge in [-0.15, -0.1) is 0 Å². The van der Waals surface area contributed by atoms with E-state index in [0.717, 1.165) is 16.7 Å². The highest BCUT2D eigenvalue weighted by atomic mass is 16.3. The molecular formula is C23H21N3O. The van der Waals surface area contributed by atoms with Crippen molar-refractivity contribution in [3.05, 3.63) is 119 Å². The number of benzene rings is 3.